The normalized spacial score (nSPS) is 12.0. The van der Waals surface area contributed by atoms with Crippen LogP contribution in [0.25, 0.3) is 0 Å². The summed E-state index contributed by atoms with van der Waals surface area (Å²) in [6.07, 6.45) is 1.87. The van der Waals surface area contributed by atoms with E-state index < -0.39 is 29.6 Å². The number of thioether (sulfide) groups is 1. The van der Waals surface area contributed by atoms with Crippen molar-refractivity contribution in [3.05, 3.63) is 29.8 Å². The molecule has 21 heavy (non-hydrogen) atoms. The Morgan fingerprint density at radius 2 is 2.10 bits per heavy atom. The third-order valence-electron chi connectivity index (χ3n) is 2.73. The molecule has 0 radical (unpaired) electrons. The van der Waals surface area contributed by atoms with Crippen LogP contribution in [-0.4, -0.2) is 28.8 Å². The fourth-order valence-electron chi connectivity index (χ4n) is 1.64. The Balaban J connectivity index is 2.50. The van der Waals surface area contributed by atoms with Gasteiger partial charge in [0.25, 0.3) is 0 Å². The van der Waals surface area contributed by atoms with Crippen molar-refractivity contribution in [2.45, 2.75) is 37.1 Å². The number of rotatable bonds is 8. The maximum atomic E-state index is 13.4. The molecule has 0 heterocycles. The van der Waals surface area contributed by atoms with Gasteiger partial charge in [0.15, 0.2) is 0 Å². The number of carbonyl (C=O) groups excluding carboxylic acids is 1. The van der Waals surface area contributed by atoms with Gasteiger partial charge in [0, 0.05) is 11.0 Å². The first-order chi connectivity index (χ1) is 9.93. The second-order valence-corrected chi connectivity index (χ2v) is 5.48. The fourth-order valence-corrected chi connectivity index (χ4v) is 2.37. The Morgan fingerprint density at radius 3 is 2.67 bits per heavy atom. The number of hydrogen-bond acceptors (Lipinski definition) is 3. The molecule has 0 aliphatic rings. The molecule has 116 valence electrons. The van der Waals surface area contributed by atoms with Gasteiger partial charge in [-0.05, 0) is 18.6 Å². The van der Waals surface area contributed by atoms with Crippen LogP contribution in [0.1, 0.15) is 26.2 Å². The van der Waals surface area contributed by atoms with Crippen LogP contribution in [0.15, 0.2) is 23.1 Å². The summed E-state index contributed by atoms with van der Waals surface area (Å²) in [5.74, 6) is -3.14. The average Bonchev–Trinajstić information content (AvgIpc) is 2.42. The van der Waals surface area contributed by atoms with E-state index in [1.54, 1.807) is 0 Å². The van der Waals surface area contributed by atoms with E-state index in [-0.39, 0.29) is 10.6 Å². The summed E-state index contributed by atoms with van der Waals surface area (Å²) in [6.45, 7) is 1.92. The predicted molar refractivity (Wildman–Crippen MR) is 76.2 cm³/mol. The molecule has 4 nitrogen and oxygen atoms in total. The molecule has 0 bridgehead atoms. The number of amides is 1. The number of nitrogens with one attached hydrogen (secondary N) is 1. The number of halogens is 2. The van der Waals surface area contributed by atoms with E-state index in [4.69, 9.17) is 5.11 Å². The van der Waals surface area contributed by atoms with Gasteiger partial charge in [-0.1, -0.05) is 19.8 Å². The number of carboxylic acids is 1. The zero-order valence-corrected chi connectivity index (χ0v) is 12.4. The Kier molecular flexibility index (Phi) is 7.14. The van der Waals surface area contributed by atoms with Gasteiger partial charge in [-0.25, -0.2) is 13.6 Å². The minimum absolute atomic E-state index is 0.127. The predicted octanol–water partition coefficient (Wildman–Crippen LogP) is 2.82. The molecule has 7 heteroatoms. The van der Waals surface area contributed by atoms with Gasteiger partial charge < -0.3 is 10.4 Å². The highest BCUT2D eigenvalue weighted by Crippen LogP contribution is 2.22. The molecule has 1 amide bonds. The van der Waals surface area contributed by atoms with Crippen LogP contribution >= 0.6 is 11.8 Å². The van der Waals surface area contributed by atoms with E-state index in [1.165, 1.54) is 6.07 Å². The molecule has 2 N–H and O–H groups in total. The lowest BCUT2D eigenvalue weighted by Gasteiger charge is -2.13. The number of carboxylic acid groups (broad SMARTS) is 1. The number of carbonyl (C=O) groups is 2. The first-order valence-electron chi connectivity index (χ1n) is 6.54. The van der Waals surface area contributed by atoms with Crippen LogP contribution in [0, 0.1) is 11.6 Å². The van der Waals surface area contributed by atoms with E-state index >= 15 is 0 Å². The highest BCUT2D eigenvalue weighted by molar-refractivity contribution is 8.00. The lowest BCUT2D eigenvalue weighted by atomic mass is 10.1. The zero-order chi connectivity index (χ0) is 15.8. The Labute approximate surface area is 125 Å². The van der Waals surface area contributed by atoms with Gasteiger partial charge in [0.1, 0.15) is 17.7 Å². The highest BCUT2D eigenvalue weighted by atomic mass is 32.2. The summed E-state index contributed by atoms with van der Waals surface area (Å²) >= 11 is 0.895. The largest absolute Gasteiger partial charge is 0.480 e. The molecule has 0 aliphatic carbocycles. The summed E-state index contributed by atoms with van der Waals surface area (Å²) in [7, 11) is 0. The Morgan fingerprint density at radius 1 is 1.38 bits per heavy atom. The topological polar surface area (TPSA) is 66.4 Å². The second kappa shape index (κ2) is 8.61. The number of benzene rings is 1. The third-order valence-corrected chi connectivity index (χ3v) is 3.78. The molecule has 1 atom stereocenters. The molecule has 0 aliphatic heterocycles. The first kappa shape index (κ1) is 17.4. The van der Waals surface area contributed by atoms with Crippen molar-refractivity contribution in [3.63, 3.8) is 0 Å². The molecular formula is C14H17F2NO3S. The minimum Gasteiger partial charge on any atom is -0.480 e. The summed E-state index contributed by atoms with van der Waals surface area (Å²) in [5.41, 5.74) is 0. The number of hydrogen-bond donors (Lipinski definition) is 2. The van der Waals surface area contributed by atoms with E-state index in [0.29, 0.717) is 12.8 Å². The number of unbranched alkanes of at least 4 members (excludes halogenated alkanes) is 1. The molecule has 0 aromatic heterocycles. The lowest BCUT2D eigenvalue weighted by Crippen LogP contribution is -2.41. The van der Waals surface area contributed by atoms with E-state index in [2.05, 4.69) is 5.32 Å². The van der Waals surface area contributed by atoms with Gasteiger partial charge in [0.05, 0.1) is 5.75 Å². The summed E-state index contributed by atoms with van der Waals surface area (Å²) in [4.78, 5) is 22.8. The zero-order valence-electron chi connectivity index (χ0n) is 11.6. The van der Waals surface area contributed by atoms with E-state index in [0.717, 1.165) is 30.3 Å². The molecule has 0 unspecified atom stereocenters. The number of aliphatic carboxylic acids is 1. The van der Waals surface area contributed by atoms with Crippen molar-refractivity contribution in [1.82, 2.24) is 5.32 Å². The van der Waals surface area contributed by atoms with E-state index in [1.807, 2.05) is 6.92 Å². The van der Waals surface area contributed by atoms with Gasteiger partial charge >= 0.3 is 5.97 Å². The molecule has 1 aromatic carbocycles. The molecule has 1 aromatic rings. The summed E-state index contributed by atoms with van der Waals surface area (Å²) < 4.78 is 26.1. The second-order valence-electron chi connectivity index (χ2n) is 4.46. The summed E-state index contributed by atoms with van der Waals surface area (Å²) in [5, 5.41) is 11.4. The van der Waals surface area contributed by atoms with Crippen molar-refractivity contribution in [2.75, 3.05) is 5.75 Å². The van der Waals surface area contributed by atoms with Crippen molar-refractivity contribution in [1.29, 1.82) is 0 Å². The highest BCUT2D eigenvalue weighted by Gasteiger charge is 2.19. The van der Waals surface area contributed by atoms with Crippen LogP contribution in [0.4, 0.5) is 8.78 Å². The average molecular weight is 317 g/mol. The van der Waals surface area contributed by atoms with Crippen LogP contribution in [0.5, 0.6) is 0 Å². The van der Waals surface area contributed by atoms with Crippen molar-refractivity contribution in [2.24, 2.45) is 0 Å². The molecule has 0 fully saturated rings. The lowest BCUT2D eigenvalue weighted by molar-refractivity contribution is -0.141. The van der Waals surface area contributed by atoms with E-state index in [9.17, 15) is 18.4 Å². The van der Waals surface area contributed by atoms with Crippen molar-refractivity contribution < 1.29 is 23.5 Å². The quantitative estimate of drug-likeness (QED) is 0.724. The molecule has 1 rings (SSSR count). The maximum absolute atomic E-state index is 13.4. The first-order valence-corrected chi connectivity index (χ1v) is 7.52. The SMILES string of the molecule is CCCC[C@H](NC(=O)CSc1ccc(F)cc1F)C(=O)O. The van der Waals surface area contributed by atoms with Gasteiger partial charge in [0.2, 0.25) is 5.91 Å². The molecular weight excluding hydrogens is 300 g/mol. The van der Waals surface area contributed by atoms with Crippen molar-refractivity contribution >= 4 is 23.6 Å². The van der Waals surface area contributed by atoms with Gasteiger partial charge in [-0.15, -0.1) is 11.8 Å². The summed E-state index contributed by atoms with van der Waals surface area (Å²) in [6, 6.07) is 2.15. The van der Waals surface area contributed by atoms with Crippen LogP contribution in [0.2, 0.25) is 0 Å². The maximum Gasteiger partial charge on any atom is 0.326 e. The van der Waals surface area contributed by atoms with Gasteiger partial charge in [-0.2, -0.15) is 0 Å². The molecule has 0 spiro atoms. The van der Waals surface area contributed by atoms with Crippen LogP contribution in [-0.2, 0) is 9.59 Å². The minimum atomic E-state index is -1.09. The van der Waals surface area contributed by atoms with Crippen LogP contribution in [0.3, 0.4) is 0 Å². The molecule has 0 saturated carbocycles. The smallest absolute Gasteiger partial charge is 0.326 e. The fraction of sp³-hybridized carbons (Fsp3) is 0.429. The molecule has 0 saturated heterocycles. The monoisotopic (exact) mass is 317 g/mol. The Hall–Kier alpha value is -1.63. The Bertz CT molecular complexity index is 511. The van der Waals surface area contributed by atoms with Crippen molar-refractivity contribution in [3.8, 4) is 0 Å². The van der Waals surface area contributed by atoms with Gasteiger partial charge in [-0.3, -0.25) is 4.79 Å². The standard InChI is InChI=1S/C14H17F2NO3S/c1-2-3-4-11(14(19)20)17-13(18)8-21-12-6-5-9(15)7-10(12)16/h5-7,11H,2-4,8H2,1H3,(H,17,18)(H,19,20)/t11-/m0/s1. The third kappa shape index (κ3) is 6.12. The van der Waals surface area contributed by atoms with Crippen LogP contribution < -0.4 is 5.32 Å².